The van der Waals surface area contributed by atoms with E-state index in [9.17, 15) is 4.79 Å². The molecular weight excluding hydrogens is 324 g/mol. The maximum absolute atomic E-state index is 12.6. The van der Waals surface area contributed by atoms with Crippen molar-refractivity contribution in [3.8, 4) is 5.75 Å². The molecule has 1 aromatic carbocycles. The summed E-state index contributed by atoms with van der Waals surface area (Å²) >= 11 is 1.51. The van der Waals surface area contributed by atoms with Crippen molar-refractivity contribution in [2.75, 3.05) is 44.7 Å². The first-order valence-electron chi connectivity index (χ1n) is 8.04. The molecule has 6 nitrogen and oxygen atoms in total. The Morgan fingerprint density at radius 1 is 1.33 bits per heavy atom. The van der Waals surface area contributed by atoms with E-state index in [0.29, 0.717) is 25.3 Å². The van der Waals surface area contributed by atoms with Gasteiger partial charge in [-0.2, -0.15) is 0 Å². The van der Waals surface area contributed by atoms with Gasteiger partial charge in [-0.1, -0.05) is 6.07 Å². The zero-order valence-corrected chi connectivity index (χ0v) is 14.6. The highest BCUT2D eigenvalue weighted by Crippen LogP contribution is 2.22. The number of hydrogen-bond acceptors (Lipinski definition) is 6. The summed E-state index contributed by atoms with van der Waals surface area (Å²) in [6.45, 7) is 3.55. The summed E-state index contributed by atoms with van der Waals surface area (Å²) in [5, 5.41) is 2.76. The van der Waals surface area contributed by atoms with E-state index >= 15 is 0 Å². The molecule has 2 heterocycles. The third-order valence-corrected chi connectivity index (χ3v) is 5.02. The monoisotopic (exact) mass is 346 g/mol. The van der Waals surface area contributed by atoms with Crippen molar-refractivity contribution in [2.45, 2.75) is 6.42 Å². The van der Waals surface area contributed by atoms with Gasteiger partial charge in [0.05, 0.1) is 12.1 Å². The number of methoxy groups -OCH3 is 1. The van der Waals surface area contributed by atoms with Crippen LogP contribution in [0.25, 0.3) is 0 Å². The topological polar surface area (TPSA) is 71.7 Å². The van der Waals surface area contributed by atoms with Crippen LogP contribution in [0.4, 0.5) is 5.69 Å². The van der Waals surface area contributed by atoms with E-state index in [1.807, 2.05) is 28.5 Å². The van der Waals surface area contributed by atoms with Crippen LogP contribution >= 0.6 is 11.3 Å². The Balaban J connectivity index is 1.60. The number of thiazole rings is 1. The van der Waals surface area contributed by atoms with Gasteiger partial charge in [-0.05, 0) is 18.7 Å². The molecule has 0 bridgehead atoms. The lowest BCUT2D eigenvalue weighted by atomic mass is 10.2. The van der Waals surface area contributed by atoms with Crippen LogP contribution in [0.5, 0.6) is 5.75 Å². The van der Waals surface area contributed by atoms with Crippen LogP contribution in [0.3, 0.4) is 0 Å². The molecule has 3 rings (SSSR count). The largest absolute Gasteiger partial charge is 0.497 e. The predicted octanol–water partition coefficient (Wildman–Crippen LogP) is 1.62. The summed E-state index contributed by atoms with van der Waals surface area (Å²) in [4.78, 5) is 21.1. The number of anilines is 1. The SMILES string of the molecule is COc1cccc(N2CCN(C(=O)c3csc(CCN)n3)CC2)c1. The number of hydrogen-bond donors (Lipinski definition) is 1. The summed E-state index contributed by atoms with van der Waals surface area (Å²) in [6.07, 6.45) is 0.724. The summed E-state index contributed by atoms with van der Waals surface area (Å²) in [7, 11) is 1.67. The number of benzene rings is 1. The van der Waals surface area contributed by atoms with E-state index in [1.165, 1.54) is 11.3 Å². The van der Waals surface area contributed by atoms with Gasteiger partial charge in [0, 0.05) is 49.7 Å². The molecule has 2 N–H and O–H groups in total. The minimum absolute atomic E-state index is 0.0137. The number of nitrogens with zero attached hydrogens (tertiary/aromatic N) is 3. The molecule has 1 saturated heterocycles. The molecule has 0 aliphatic carbocycles. The highest BCUT2D eigenvalue weighted by atomic mass is 32.1. The number of rotatable bonds is 5. The second-order valence-electron chi connectivity index (χ2n) is 5.65. The van der Waals surface area contributed by atoms with Crippen LogP contribution in [0, 0.1) is 0 Å². The van der Waals surface area contributed by atoms with Crippen molar-refractivity contribution in [3.05, 3.63) is 40.3 Å². The first kappa shape index (κ1) is 16.7. The van der Waals surface area contributed by atoms with Crippen LogP contribution in [0.2, 0.25) is 0 Å². The Labute approximate surface area is 145 Å². The molecule has 1 aliphatic heterocycles. The first-order chi connectivity index (χ1) is 11.7. The fourth-order valence-corrected chi connectivity index (χ4v) is 3.57. The lowest BCUT2D eigenvalue weighted by Crippen LogP contribution is -2.48. The van der Waals surface area contributed by atoms with Gasteiger partial charge in [-0.15, -0.1) is 11.3 Å². The molecular formula is C17H22N4O2S. The smallest absolute Gasteiger partial charge is 0.273 e. The van der Waals surface area contributed by atoms with Gasteiger partial charge in [0.15, 0.2) is 0 Å². The molecule has 1 aromatic heterocycles. The van der Waals surface area contributed by atoms with E-state index < -0.39 is 0 Å². The van der Waals surface area contributed by atoms with E-state index in [0.717, 1.165) is 36.0 Å². The van der Waals surface area contributed by atoms with Gasteiger partial charge >= 0.3 is 0 Å². The van der Waals surface area contributed by atoms with E-state index in [-0.39, 0.29) is 5.91 Å². The normalized spacial score (nSPS) is 14.8. The molecule has 24 heavy (non-hydrogen) atoms. The Bertz CT molecular complexity index is 695. The summed E-state index contributed by atoms with van der Waals surface area (Å²) in [5.41, 5.74) is 7.20. The molecule has 0 radical (unpaired) electrons. The van der Waals surface area contributed by atoms with Crippen LogP contribution in [0.15, 0.2) is 29.6 Å². The van der Waals surface area contributed by atoms with Gasteiger partial charge in [0.2, 0.25) is 0 Å². The number of piperazine rings is 1. The second kappa shape index (κ2) is 7.63. The molecule has 1 aliphatic rings. The Morgan fingerprint density at radius 3 is 2.83 bits per heavy atom. The van der Waals surface area contributed by atoms with Crippen LogP contribution in [0.1, 0.15) is 15.5 Å². The van der Waals surface area contributed by atoms with Crippen LogP contribution < -0.4 is 15.4 Å². The van der Waals surface area contributed by atoms with Crippen LogP contribution in [-0.2, 0) is 6.42 Å². The molecule has 0 spiro atoms. The average molecular weight is 346 g/mol. The van der Waals surface area contributed by atoms with Gasteiger partial charge in [0.1, 0.15) is 11.4 Å². The third-order valence-electron chi connectivity index (χ3n) is 4.11. The minimum Gasteiger partial charge on any atom is -0.497 e. The standard InChI is InChI=1S/C17H22N4O2S/c1-23-14-4-2-3-13(11-14)20-7-9-21(10-8-20)17(22)15-12-24-16(19-15)5-6-18/h2-4,11-12H,5-10,18H2,1H3. The van der Waals surface area contributed by atoms with Crippen molar-refractivity contribution in [1.82, 2.24) is 9.88 Å². The number of nitrogens with two attached hydrogens (primary N) is 1. The fourth-order valence-electron chi connectivity index (χ4n) is 2.78. The molecule has 0 atom stereocenters. The quantitative estimate of drug-likeness (QED) is 0.891. The van der Waals surface area contributed by atoms with E-state index in [2.05, 4.69) is 16.0 Å². The van der Waals surface area contributed by atoms with Crippen molar-refractivity contribution >= 4 is 22.9 Å². The minimum atomic E-state index is 0.0137. The molecule has 7 heteroatoms. The van der Waals surface area contributed by atoms with Gasteiger partial charge in [-0.25, -0.2) is 4.98 Å². The summed E-state index contributed by atoms with van der Waals surface area (Å²) in [5.74, 6) is 0.862. The van der Waals surface area contributed by atoms with Crippen molar-refractivity contribution in [2.24, 2.45) is 5.73 Å². The zero-order chi connectivity index (χ0) is 16.9. The highest BCUT2D eigenvalue weighted by Gasteiger charge is 2.24. The summed E-state index contributed by atoms with van der Waals surface area (Å²) < 4.78 is 5.28. The van der Waals surface area contributed by atoms with Gasteiger partial charge in [-0.3, -0.25) is 4.79 Å². The van der Waals surface area contributed by atoms with Crippen LogP contribution in [-0.4, -0.2) is 55.6 Å². The molecule has 1 fully saturated rings. The Kier molecular flexibility index (Phi) is 5.32. The van der Waals surface area contributed by atoms with Gasteiger partial charge < -0.3 is 20.3 Å². The first-order valence-corrected chi connectivity index (χ1v) is 8.92. The maximum Gasteiger partial charge on any atom is 0.273 e. The number of carbonyl (C=O) groups is 1. The Morgan fingerprint density at radius 2 is 2.12 bits per heavy atom. The van der Waals surface area contributed by atoms with Crippen molar-refractivity contribution in [1.29, 1.82) is 0 Å². The molecule has 0 unspecified atom stereocenters. The van der Waals surface area contributed by atoms with Crippen molar-refractivity contribution < 1.29 is 9.53 Å². The average Bonchev–Trinajstić information content (AvgIpc) is 3.10. The predicted molar refractivity (Wildman–Crippen MR) is 96.0 cm³/mol. The molecule has 128 valence electrons. The van der Waals surface area contributed by atoms with E-state index in [4.69, 9.17) is 10.5 Å². The lowest BCUT2D eigenvalue weighted by molar-refractivity contribution is 0.0741. The number of carbonyl (C=O) groups excluding carboxylic acids is 1. The summed E-state index contributed by atoms with van der Waals surface area (Å²) in [6, 6.07) is 8.01. The molecule has 2 aromatic rings. The fraction of sp³-hybridized carbons (Fsp3) is 0.412. The second-order valence-corrected chi connectivity index (χ2v) is 6.59. The molecule has 1 amide bonds. The Hall–Kier alpha value is -2.12. The third kappa shape index (κ3) is 3.68. The molecule has 0 saturated carbocycles. The highest BCUT2D eigenvalue weighted by molar-refractivity contribution is 7.09. The zero-order valence-electron chi connectivity index (χ0n) is 13.8. The number of amides is 1. The number of aromatic nitrogens is 1. The van der Waals surface area contributed by atoms with E-state index in [1.54, 1.807) is 7.11 Å². The number of ether oxygens (including phenoxy) is 1. The lowest BCUT2D eigenvalue weighted by Gasteiger charge is -2.35. The van der Waals surface area contributed by atoms with Gasteiger partial charge in [0.25, 0.3) is 5.91 Å². The van der Waals surface area contributed by atoms with Crippen molar-refractivity contribution in [3.63, 3.8) is 0 Å². The maximum atomic E-state index is 12.6.